The SMILES string of the molecule is CCCCCN1CCC(c2ccsc2)C(COc2ccc(Cl)cc2)C1. The van der Waals surface area contributed by atoms with E-state index in [0.29, 0.717) is 11.8 Å². The van der Waals surface area contributed by atoms with Crippen molar-refractivity contribution in [2.24, 2.45) is 5.92 Å². The number of piperidine rings is 1. The summed E-state index contributed by atoms with van der Waals surface area (Å²) in [5.74, 6) is 2.07. The fourth-order valence-electron chi connectivity index (χ4n) is 3.72. The van der Waals surface area contributed by atoms with Crippen LogP contribution in [0.5, 0.6) is 5.75 Å². The molecule has 2 heterocycles. The van der Waals surface area contributed by atoms with Crippen LogP contribution in [0, 0.1) is 5.92 Å². The van der Waals surface area contributed by atoms with Crippen molar-refractivity contribution in [1.29, 1.82) is 0 Å². The van der Waals surface area contributed by atoms with Crippen molar-refractivity contribution in [2.75, 3.05) is 26.2 Å². The van der Waals surface area contributed by atoms with E-state index in [1.807, 2.05) is 24.3 Å². The molecule has 25 heavy (non-hydrogen) atoms. The number of rotatable bonds is 8. The summed E-state index contributed by atoms with van der Waals surface area (Å²) < 4.78 is 6.12. The fourth-order valence-corrected chi connectivity index (χ4v) is 4.57. The molecule has 1 aromatic carbocycles. The number of nitrogens with zero attached hydrogens (tertiary/aromatic N) is 1. The van der Waals surface area contributed by atoms with Gasteiger partial charge in [0.15, 0.2) is 0 Å². The molecular weight excluding hydrogens is 350 g/mol. The van der Waals surface area contributed by atoms with Gasteiger partial charge in [-0.1, -0.05) is 31.4 Å². The molecule has 0 aliphatic carbocycles. The van der Waals surface area contributed by atoms with Crippen molar-refractivity contribution in [3.63, 3.8) is 0 Å². The molecular formula is C21H28ClNOS. The molecule has 0 amide bonds. The highest BCUT2D eigenvalue weighted by atomic mass is 35.5. The topological polar surface area (TPSA) is 12.5 Å². The summed E-state index contributed by atoms with van der Waals surface area (Å²) in [5, 5.41) is 5.26. The average molecular weight is 378 g/mol. The van der Waals surface area contributed by atoms with E-state index in [1.165, 1.54) is 44.3 Å². The highest BCUT2D eigenvalue weighted by molar-refractivity contribution is 7.08. The largest absolute Gasteiger partial charge is 0.493 e. The minimum Gasteiger partial charge on any atom is -0.493 e. The van der Waals surface area contributed by atoms with Gasteiger partial charge in [0.1, 0.15) is 5.75 Å². The van der Waals surface area contributed by atoms with Gasteiger partial charge >= 0.3 is 0 Å². The third kappa shape index (κ3) is 5.47. The fraction of sp³-hybridized carbons (Fsp3) is 0.524. The Morgan fingerprint density at radius 2 is 2.04 bits per heavy atom. The molecule has 136 valence electrons. The number of hydrogen-bond acceptors (Lipinski definition) is 3. The molecule has 0 N–H and O–H groups in total. The number of thiophene rings is 1. The summed E-state index contributed by atoms with van der Waals surface area (Å²) in [6, 6.07) is 10.0. The zero-order valence-corrected chi connectivity index (χ0v) is 16.6. The molecule has 2 atom stereocenters. The molecule has 1 fully saturated rings. The van der Waals surface area contributed by atoms with E-state index in [0.717, 1.165) is 23.9 Å². The lowest BCUT2D eigenvalue weighted by Crippen LogP contribution is -2.42. The Morgan fingerprint density at radius 3 is 2.76 bits per heavy atom. The van der Waals surface area contributed by atoms with Crippen molar-refractivity contribution in [1.82, 2.24) is 4.90 Å². The predicted molar refractivity (Wildman–Crippen MR) is 108 cm³/mol. The van der Waals surface area contributed by atoms with Crippen LogP contribution < -0.4 is 4.74 Å². The van der Waals surface area contributed by atoms with Gasteiger partial charge < -0.3 is 9.64 Å². The lowest BCUT2D eigenvalue weighted by atomic mass is 9.82. The minimum absolute atomic E-state index is 0.542. The Bertz CT molecular complexity index is 613. The molecule has 3 rings (SSSR count). The van der Waals surface area contributed by atoms with Crippen LogP contribution in [0.1, 0.15) is 44.1 Å². The molecule has 1 saturated heterocycles. The van der Waals surface area contributed by atoms with Gasteiger partial charge in [-0.15, -0.1) is 0 Å². The van der Waals surface area contributed by atoms with Gasteiger partial charge in [-0.2, -0.15) is 11.3 Å². The lowest BCUT2D eigenvalue weighted by molar-refractivity contribution is 0.110. The van der Waals surface area contributed by atoms with Crippen LogP contribution in [0.25, 0.3) is 0 Å². The van der Waals surface area contributed by atoms with Crippen molar-refractivity contribution >= 4 is 22.9 Å². The van der Waals surface area contributed by atoms with E-state index >= 15 is 0 Å². The average Bonchev–Trinajstić information content (AvgIpc) is 3.16. The Hall–Kier alpha value is -1.03. The van der Waals surface area contributed by atoms with Gasteiger partial charge in [0.05, 0.1) is 6.61 Å². The number of halogens is 1. The Balaban J connectivity index is 1.62. The van der Waals surface area contributed by atoms with Gasteiger partial charge in [-0.3, -0.25) is 0 Å². The van der Waals surface area contributed by atoms with Crippen LogP contribution in [-0.2, 0) is 0 Å². The van der Waals surface area contributed by atoms with Crippen LogP contribution in [-0.4, -0.2) is 31.1 Å². The highest BCUT2D eigenvalue weighted by Crippen LogP contribution is 2.35. The van der Waals surface area contributed by atoms with Crippen LogP contribution in [0.15, 0.2) is 41.1 Å². The summed E-state index contributed by atoms with van der Waals surface area (Å²) in [5.41, 5.74) is 1.49. The highest BCUT2D eigenvalue weighted by Gasteiger charge is 2.31. The molecule has 0 bridgehead atoms. The maximum Gasteiger partial charge on any atom is 0.119 e. The third-order valence-electron chi connectivity index (χ3n) is 5.15. The van der Waals surface area contributed by atoms with Crippen LogP contribution in [0.3, 0.4) is 0 Å². The van der Waals surface area contributed by atoms with Gasteiger partial charge in [0.2, 0.25) is 0 Å². The number of likely N-dealkylation sites (tertiary alicyclic amines) is 1. The monoisotopic (exact) mass is 377 g/mol. The van der Waals surface area contributed by atoms with Crippen molar-refractivity contribution < 1.29 is 4.74 Å². The van der Waals surface area contributed by atoms with E-state index < -0.39 is 0 Å². The smallest absolute Gasteiger partial charge is 0.119 e. The summed E-state index contributed by atoms with van der Waals surface area (Å²) in [6.07, 6.45) is 5.16. The first-order valence-corrected chi connectivity index (χ1v) is 10.7. The van der Waals surface area contributed by atoms with E-state index in [-0.39, 0.29) is 0 Å². The number of benzene rings is 1. The van der Waals surface area contributed by atoms with E-state index in [9.17, 15) is 0 Å². The molecule has 1 aliphatic rings. The Kier molecular flexibility index (Phi) is 7.21. The summed E-state index contributed by atoms with van der Waals surface area (Å²) in [7, 11) is 0. The molecule has 0 saturated carbocycles. The molecule has 0 spiro atoms. The standard InChI is InChI=1S/C21H28ClNOS/c1-2-3-4-11-23-12-9-21(17-10-13-25-16-17)18(14-23)15-24-20-7-5-19(22)6-8-20/h5-8,10,13,16,18,21H,2-4,9,11-12,14-15H2,1H3. The summed E-state index contributed by atoms with van der Waals surface area (Å²) >= 11 is 7.77. The van der Waals surface area contributed by atoms with Crippen molar-refractivity contribution in [3.05, 3.63) is 51.7 Å². The first kappa shape index (κ1) is 18.8. The van der Waals surface area contributed by atoms with Crippen LogP contribution in [0.2, 0.25) is 5.02 Å². The van der Waals surface area contributed by atoms with E-state index in [2.05, 4.69) is 28.7 Å². The van der Waals surface area contributed by atoms with Crippen LogP contribution in [0.4, 0.5) is 0 Å². The van der Waals surface area contributed by atoms with E-state index in [4.69, 9.17) is 16.3 Å². The number of hydrogen-bond donors (Lipinski definition) is 0. The molecule has 4 heteroatoms. The maximum absolute atomic E-state index is 6.12. The normalized spacial score (nSPS) is 21.4. The maximum atomic E-state index is 6.12. The molecule has 0 radical (unpaired) electrons. The van der Waals surface area contributed by atoms with Gasteiger partial charge in [-0.25, -0.2) is 0 Å². The predicted octanol–water partition coefficient (Wildman–Crippen LogP) is 6.08. The number of ether oxygens (including phenoxy) is 1. The lowest BCUT2D eigenvalue weighted by Gasteiger charge is -2.38. The zero-order valence-electron chi connectivity index (χ0n) is 15.0. The first-order valence-electron chi connectivity index (χ1n) is 9.39. The molecule has 2 unspecified atom stereocenters. The van der Waals surface area contributed by atoms with E-state index in [1.54, 1.807) is 11.3 Å². The first-order chi connectivity index (χ1) is 12.3. The van der Waals surface area contributed by atoms with Gasteiger partial charge in [0.25, 0.3) is 0 Å². The quantitative estimate of drug-likeness (QED) is 0.517. The molecule has 2 aromatic rings. The van der Waals surface area contributed by atoms with Crippen LogP contribution >= 0.6 is 22.9 Å². The molecule has 1 aliphatic heterocycles. The second-order valence-corrected chi connectivity index (χ2v) is 8.20. The van der Waals surface area contributed by atoms with Gasteiger partial charge in [0, 0.05) is 17.5 Å². The zero-order chi connectivity index (χ0) is 17.5. The second-order valence-electron chi connectivity index (χ2n) is 6.98. The number of unbranched alkanes of at least 4 members (excludes halogenated alkanes) is 2. The third-order valence-corrected chi connectivity index (χ3v) is 6.10. The second kappa shape index (κ2) is 9.61. The molecule has 1 aromatic heterocycles. The summed E-state index contributed by atoms with van der Waals surface area (Å²) in [6.45, 7) is 6.61. The minimum atomic E-state index is 0.542. The molecule has 2 nitrogen and oxygen atoms in total. The Labute approximate surface area is 160 Å². The van der Waals surface area contributed by atoms with Crippen molar-refractivity contribution in [2.45, 2.75) is 38.5 Å². The van der Waals surface area contributed by atoms with Crippen molar-refractivity contribution in [3.8, 4) is 5.75 Å². The van der Waals surface area contributed by atoms with Gasteiger partial charge in [-0.05, 0) is 78.5 Å². The Morgan fingerprint density at radius 1 is 1.20 bits per heavy atom. The summed E-state index contributed by atoms with van der Waals surface area (Å²) in [4.78, 5) is 2.63.